The molecule has 4 nitrogen and oxygen atoms in total. The van der Waals surface area contributed by atoms with E-state index in [0.29, 0.717) is 5.39 Å². The van der Waals surface area contributed by atoms with Crippen molar-refractivity contribution in [1.29, 1.82) is 0 Å². The average molecular weight is 219 g/mol. The second kappa shape index (κ2) is 3.56. The highest BCUT2D eigenvalue weighted by Crippen LogP contribution is 2.27. The molecule has 16 heavy (non-hydrogen) atoms. The van der Waals surface area contributed by atoms with E-state index in [1.807, 2.05) is 18.4 Å². The van der Waals surface area contributed by atoms with E-state index in [2.05, 4.69) is 0 Å². The molecule has 84 valence electrons. The molecule has 0 amide bonds. The summed E-state index contributed by atoms with van der Waals surface area (Å²) < 4.78 is 1.89. The highest BCUT2D eigenvalue weighted by molar-refractivity contribution is 6.03. The van der Waals surface area contributed by atoms with Crippen molar-refractivity contribution in [2.75, 3.05) is 0 Å². The summed E-state index contributed by atoms with van der Waals surface area (Å²) in [7, 11) is 0. The third-order valence-electron chi connectivity index (χ3n) is 2.60. The van der Waals surface area contributed by atoms with E-state index in [9.17, 15) is 9.90 Å². The fourth-order valence-electron chi connectivity index (χ4n) is 1.84. The van der Waals surface area contributed by atoms with Crippen molar-refractivity contribution in [3.63, 3.8) is 0 Å². The van der Waals surface area contributed by atoms with Crippen LogP contribution in [0.15, 0.2) is 24.4 Å². The van der Waals surface area contributed by atoms with Crippen LogP contribution < -0.4 is 0 Å². The normalized spacial score (nSPS) is 11.2. The number of carboxylic acid groups (broad SMARTS) is 1. The maximum Gasteiger partial charge on any atom is 0.337 e. The summed E-state index contributed by atoms with van der Waals surface area (Å²) in [6.07, 6.45) is 1.61. The lowest BCUT2D eigenvalue weighted by Crippen LogP contribution is -1.98. The SMILES string of the molecule is CC(C)n1cc(C(=O)O)c2cc(O)ccc21. The number of aromatic carboxylic acids is 1. The third-order valence-corrected chi connectivity index (χ3v) is 2.60. The first-order valence-electron chi connectivity index (χ1n) is 5.07. The molecule has 0 saturated carbocycles. The largest absolute Gasteiger partial charge is 0.508 e. The van der Waals surface area contributed by atoms with Crippen molar-refractivity contribution in [2.24, 2.45) is 0 Å². The van der Waals surface area contributed by atoms with Gasteiger partial charge in [0, 0.05) is 23.1 Å². The van der Waals surface area contributed by atoms with Crippen LogP contribution in [-0.4, -0.2) is 20.7 Å². The molecule has 0 atom stereocenters. The Kier molecular flexibility index (Phi) is 2.34. The summed E-state index contributed by atoms with van der Waals surface area (Å²) >= 11 is 0. The van der Waals surface area contributed by atoms with Crippen LogP contribution in [0.4, 0.5) is 0 Å². The molecule has 0 aliphatic carbocycles. The van der Waals surface area contributed by atoms with Gasteiger partial charge in [0.15, 0.2) is 0 Å². The van der Waals surface area contributed by atoms with Crippen molar-refractivity contribution >= 4 is 16.9 Å². The van der Waals surface area contributed by atoms with Crippen LogP contribution in [0.25, 0.3) is 10.9 Å². The Bertz CT molecular complexity index is 555. The highest BCUT2D eigenvalue weighted by atomic mass is 16.4. The Morgan fingerprint density at radius 2 is 2.06 bits per heavy atom. The van der Waals surface area contributed by atoms with Gasteiger partial charge in [-0.15, -0.1) is 0 Å². The van der Waals surface area contributed by atoms with Gasteiger partial charge >= 0.3 is 5.97 Å². The monoisotopic (exact) mass is 219 g/mol. The number of aromatic nitrogens is 1. The first-order valence-corrected chi connectivity index (χ1v) is 5.07. The van der Waals surface area contributed by atoms with E-state index in [0.717, 1.165) is 5.52 Å². The van der Waals surface area contributed by atoms with Crippen molar-refractivity contribution in [3.8, 4) is 5.75 Å². The number of fused-ring (bicyclic) bond motifs is 1. The number of phenols is 1. The minimum atomic E-state index is -0.977. The quantitative estimate of drug-likeness (QED) is 0.816. The predicted molar refractivity (Wildman–Crippen MR) is 60.9 cm³/mol. The van der Waals surface area contributed by atoms with Gasteiger partial charge in [-0.25, -0.2) is 4.79 Å². The molecule has 4 heteroatoms. The highest BCUT2D eigenvalue weighted by Gasteiger charge is 2.15. The van der Waals surface area contributed by atoms with E-state index in [4.69, 9.17) is 5.11 Å². The van der Waals surface area contributed by atoms with Crippen LogP contribution in [0.1, 0.15) is 30.2 Å². The average Bonchev–Trinajstić information content (AvgIpc) is 2.56. The maximum atomic E-state index is 11.1. The zero-order chi connectivity index (χ0) is 11.9. The Morgan fingerprint density at radius 1 is 1.38 bits per heavy atom. The van der Waals surface area contributed by atoms with Crippen LogP contribution >= 0.6 is 0 Å². The third kappa shape index (κ3) is 1.52. The second-order valence-electron chi connectivity index (χ2n) is 4.05. The predicted octanol–water partition coefficient (Wildman–Crippen LogP) is 2.63. The topological polar surface area (TPSA) is 62.5 Å². The molecule has 2 aromatic rings. The number of carboxylic acids is 1. The second-order valence-corrected chi connectivity index (χ2v) is 4.05. The molecule has 0 fully saturated rings. The van der Waals surface area contributed by atoms with Crippen LogP contribution in [0.2, 0.25) is 0 Å². The van der Waals surface area contributed by atoms with E-state index < -0.39 is 5.97 Å². The lowest BCUT2D eigenvalue weighted by molar-refractivity contribution is 0.0699. The molecule has 0 radical (unpaired) electrons. The van der Waals surface area contributed by atoms with Gasteiger partial charge in [-0.3, -0.25) is 0 Å². The summed E-state index contributed by atoms with van der Waals surface area (Å²) in [5.74, 6) is -0.897. The van der Waals surface area contributed by atoms with E-state index in [1.165, 1.54) is 6.07 Å². The summed E-state index contributed by atoms with van der Waals surface area (Å²) in [4.78, 5) is 11.1. The van der Waals surface area contributed by atoms with Crippen LogP contribution in [0, 0.1) is 0 Å². The summed E-state index contributed by atoms with van der Waals surface area (Å²) in [5, 5.41) is 19.0. The number of rotatable bonds is 2. The molecule has 2 rings (SSSR count). The van der Waals surface area contributed by atoms with Gasteiger partial charge in [0.25, 0.3) is 0 Å². The molecular weight excluding hydrogens is 206 g/mol. The summed E-state index contributed by atoms with van der Waals surface area (Å²) in [6, 6.07) is 4.96. The van der Waals surface area contributed by atoms with Crippen molar-refractivity contribution in [2.45, 2.75) is 19.9 Å². The molecule has 0 bridgehead atoms. The molecule has 0 saturated heterocycles. The Balaban J connectivity index is 2.81. The smallest absolute Gasteiger partial charge is 0.337 e. The molecule has 1 aromatic heterocycles. The Labute approximate surface area is 92.7 Å². The first kappa shape index (κ1) is 10.5. The standard InChI is InChI=1S/C12H13NO3/c1-7(2)13-6-10(12(15)16)9-5-8(14)3-4-11(9)13/h3-7,14H,1-2H3,(H,15,16). The van der Waals surface area contributed by atoms with Crippen molar-refractivity contribution in [1.82, 2.24) is 4.57 Å². The van der Waals surface area contributed by atoms with Gasteiger partial charge in [0.1, 0.15) is 5.75 Å². The van der Waals surface area contributed by atoms with Gasteiger partial charge in [0.05, 0.1) is 5.56 Å². The van der Waals surface area contributed by atoms with Crippen molar-refractivity contribution in [3.05, 3.63) is 30.0 Å². The van der Waals surface area contributed by atoms with Gasteiger partial charge in [0.2, 0.25) is 0 Å². The maximum absolute atomic E-state index is 11.1. The summed E-state index contributed by atoms with van der Waals surface area (Å²) in [5.41, 5.74) is 1.05. The van der Waals surface area contributed by atoms with Gasteiger partial charge < -0.3 is 14.8 Å². The van der Waals surface area contributed by atoms with Crippen LogP contribution in [0.3, 0.4) is 0 Å². The van der Waals surface area contributed by atoms with Crippen LogP contribution in [0.5, 0.6) is 5.75 Å². The van der Waals surface area contributed by atoms with Gasteiger partial charge in [-0.2, -0.15) is 0 Å². The number of phenolic OH excluding ortho intramolecular Hbond substituents is 1. The summed E-state index contributed by atoms with van der Waals surface area (Å²) in [6.45, 7) is 3.97. The zero-order valence-electron chi connectivity index (χ0n) is 9.14. The van der Waals surface area contributed by atoms with Crippen LogP contribution in [-0.2, 0) is 0 Å². The molecule has 2 N–H and O–H groups in total. The minimum Gasteiger partial charge on any atom is -0.508 e. The molecule has 0 spiro atoms. The van der Waals surface area contributed by atoms with Crippen molar-refractivity contribution < 1.29 is 15.0 Å². The van der Waals surface area contributed by atoms with Gasteiger partial charge in [-0.05, 0) is 32.0 Å². The van der Waals surface area contributed by atoms with Gasteiger partial charge in [-0.1, -0.05) is 0 Å². The number of hydrogen-bond donors (Lipinski definition) is 2. The number of hydrogen-bond acceptors (Lipinski definition) is 2. The number of carbonyl (C=O) groups is 1. The Hall–Kier alpha value is -1.97. The van der Waals surface area contributed by atoms with E-state index >= 15 is 0 Å². The fourth-order valence-corrected chi connectivity index (χ4v) is 1.84. The number of nitrogens with zero attached hydrogens (tertiary/aromatic N) is 1. The molecule has 1 heterocycles. The molecule has 1 aromatic carbocycles. The minimum absolute atomic E-state index is 0.0801. The zero-order valence-corrected chi connectivity index (χ0v) is 9.14. The molecular formula is C12H13NO3. The number of benzene rings is 1. The Morgan fingerprint density at radius 3 is 2.62 bits per heavy atom. The lowest BCUT2D eigenvalue weighted by atomic mass is 10.1. The van der Waals surface area contributed by atoms with E-state index in [-0.39, 0.29) is 17.4 Å². The molecule has 0 unspecified atom stereocenters. The number of aromatic hydroxyl groups is 1. The fraction of sp³-hybridized carbons (Fsp3) is 0.250. The lowest BCUT2D eigenvalue weighted by Gasteiger charge is -2.08. The first-order chi connectivity index (χ1) is 7.50. The molecule has 0 aliphatic heterocycles. The molecule has 0 aliphatic rings. The van der Waals surface area contributed by atoms with E-state index in [1.54, 1.807) is 18.3 Å².